The number of piperidine rings is 1. The molecule has 0 radical (unpaired) electrons. The van der Waals surface area contributed by atoms with Crippen LogP contribution < -0.4 is 5.32 Å². The summed E-state index contributed by atoms with van der Waals surface area (Å²) in [5, 5.41) is 2.89. The maximum atomic E-state index is 12.8. The molecule has 1 aromatic carbocycles. The molecule has 4 heteroatoms. The van der Waals surface area contributed by atoms with Crippen molar-refractivity contribution in [1.82, 2.24) is 10.2 Å². The number of carbonyl (C=O) groups is 1. The minimum atomic E-state index is -0.320. The first-order valence-electron chi connectivity index (χ1n) is 7.80. The molecule has 1 heterocycles. The predicted octanol–water partition coefficient (Wildman–Crippen LogP) is 2.92. The molecule has 0 aliphatic carbocycles. The van der Waals surface area contributed by atoms with Gasteiger partial charge in [0.15, 0.2) is 0 Å². The molecular weight excluding hydrogens is 267 g/mol. The van der Waals surface area contributed by atoms with Gasteiger partial charge in [-0.2, -0.15) is 0 Å². The van der Waals surface area contributed by atoms with Crippen LogP contribution in [0.15, 0.2) is 24.3 Å². The lowest BCUT2D eigenvalue weighted by molar-refractivity contribution is 0.0947. The van der Waals surface area contributed by atoms with E-state index in [1.165, 1.54) is 30.7 Å². The minimum absolute atomic E-state index is 0.129. The van der Waals surface area contributed by atoms with Crippen LogP contribution in [0.1, 0.15) is 37.0 Å². The summed E-state index contributed by atoms with van der Waals surface area (Å²) in [4.78, 5) is 14.4. The molecule has 2 unspecified atom stereocenters. The van der Waals surface area contributed by atoms with Gasteiger partial charge in [0, 0.05) is 25.2 Å². The van der Waals surface area contributed by atoms with Crippen LogP contribution in [0.2, 0.25) is 0 Å². The highest BCUT2D eigenvalue weighted by Crippen LogP contribution is 2.20. The SMILES string of the molecule is CC1CC(C)CN(CCCNC(=O)c2ccc(F)cc2)C1. The lowest BCUT2D eigenvalue weighted by Gasteiger charge is -2.34. The van der Waals surface area contributed by atoms with Crippen LogP contribution in [0.4, 0.5) is 4.39 Å². The van der Waals surface area contributed by atoms with E-state index < -0.39 is 0 Å². The third-order valence-electron chi connectivity index (χ3n) is 3.99. The molecule has 1 fully saturated rings. The average Bonchev–Trinajstić information content (AvgIpc) is 2.43. The van der Waals surface area contributed by atoms with Crippen molar-refractivity contribution in [2.45, 2.75) is 26.7 Å². The fourth-order valence-electron chi connectivity index (χ4n) is 3.18. The maximum absolute atomic E-state index is 12.8. The summed E-state index contributed by atoms with van der Waals surface area (Å²) in [7, 11) is 0. The maximum Gasteiger partial charge on any atom is 0.251 e. The zero-order valence-corrected chi connectivity index (χ0v) is 12.9. The molecule has 116 valence electrons. The molecule has 0 saturated carbocycles. The molecule has 0 bridgehead atoms. The fraction of sp³-hybridized carbons (Fsp3) is 0.588. The van der Waals surface area contributed by atoms with Gasteiger partial charge >= 0.3 is 0 Å². The Morgan fingerprint density at radius 1 is 1.24 bits per heavy atom. The number of likely N-dealkylation sites (tertiary alicyclic amines) is 1. The van der Waals surface area contributed by atoms with Gasteiger partial charge in [0.1, 0.15) is 5.82 Å². The van der Waals surface area contributed by atoms with Crippen molar-refractivity contribution in [2.75, 3.05) is 26.2 Å². The molecule has 21 heavy (non-hydrogen) atoms. The highest BCUT2D eigenvalue weighted by atomic mass is 19.1. The highest BCUT2D eigenvalue weighted by Gasteiger charge is 2.21. The van der Waals surface area contributed by atoms with Crippen molar-refractivity contribution in [3.8, 4) is 0 Å². The van der Waals surface area contributed by atoms with Crippen LogP contribution in [0, 0.1) is 17.7 Å². The molecule has 1 amide bonds. The number of halogens is 1. The third-order valence-corrected chi connectivity index (χ3v) is 3.99. The average molecular weight is 292 g/mol. The van der Waals surface area contributed by atoms with E-state index in [-0.39, 0.29) is 11.7 Å². The number of nitrogens with zero attached hydrogens (tertiary/aromatic N) is 1. The summed E-state index contributed by atoms with van der Waals surface area (Å²) < 4.78 is 12.8. The monoisotopic (exact) mass is 292 g/mol. The normalized spacial score (nSPS) is 23.0. The Morgan fingerprint density at radius 2 is 1.86 bits per heavy atom. The number of hydrogen-bond donors (Lipinski definition) is 1. The topological polar surface area (TPSA) is 32.3 Å². The molecule has 1 aliphatic rings. The second-order valence-corrected chi connectivity index (χ2v) is 6.32. The van der Waals surface area contributed by atoms with E-state index in [4.69, 9.17) is 0 Å². The van der Waals surface area contributed by atoms with Gasteiger partial charge < -0.3 is 10.2 Å². The van der Waals surface area contributed by atoms with Crippen molar-refractivity contribution in [3.05, 3.63) is 35.6 Å². The zero-order valence-electron chi connectivity index (χ0n) is 12.9. The Kier molecular flexibility index (Phi) is 5.74. The molecule has 3 nitrogen and oxygen atoms in total. The van der Waals surface area contributed by atoms with Crippen LogP contribution in [-0.4, -0.2) is 37.0 Å². The predicted molar refractivity (Wildman–Crippen MR) is 82.7 cm³/mol. The highest BCUT2D eigenvalue weighted by molar-refractivity contribution is 5.94. The number of nitrogens with one attached hydrogen (secondary N) is 1. The first-order chi connectivity index (χ1) is 10.0. The smallest absolute Gasteiger partial charge is 0.251 e. The van der Waals surface area contributed by atoms with Gasteiger partial charge in [-0.1, -0.05) is 13.8 Å². The Balaban J connectivity index is 1.67. The van der Waals surface area contributed by atoms with Crippen molar-refractivity contribution >= 4 is 5.91 Å². The van der Waals surface area contributed by atoms with Crippen LogP contribution >= 0.6 is 0 Å². The number of benzene rings is 1. The van der Waals surface area contributed by atoms with Crippen molar-refractivity contribution in [3.63, 3.8) is 0 Å². The van der Waals surface area contributed by atoms with Gasteiger partial charge in [0.2, 0.25) is 0 Å². The van der Waals surface area contributed by atoms with E-state index >= 15 is 0 Å². The Bertz CT molecular complexity index is 450. The Hall–Kier alpha value is -1.42. The number of amides is 1. The van der Waals surface area contributed by atoms with Crippen LogP contribution in [-0.2, 0) is 0 Å². The minimum Gasteiger partial charge on any atom is -0.352 e. The molecule has 2 atom stereocenters. The van der Waals surface area contributed by atoms with E-state index in [9.17, 15) is 9.18 Å². The summed E-state index contributed by atoms with van der Waals surface area (Å²) in [6.07, 6.45) is 2.27. The summed E-state index contributed by atoms with van der Waals surface area (Å²) in [5.74, 6) is 1.08. The van der Waals surface area contributed by atoms with Crippen LogP contribution in [0.25, 0.3) is 0 Å². The summed E-state index contributed by atoms with van der Waals surface area (Å²) >= 11 is 0. The first kappa shape index (κ1) is 16.0. The summed E-state index contributed by atoms with van der Waals surface area (Å²) in [6, 6.07) is 5.65. The molecular formula is C17H25FN2O. The molecule has 0 aromatic heterocycles. The number of carbonyl (C=O) groups excluding carboxylic acids is 1. The molecule has 1 N–H and O–H groups in total. The molecule has 0 spiro atoms. The summed E-state index contributed by atoms with van der Waals surface area (Å²) in [6.45, 7) is 8.62. The lowest BCUT2D eigenvalue weighted by Crippen LogP contribution is -2.40. The zero-order chi connectivity index (χ0) is 15.2. The Labute approximate surface area is 126 Å². The van der Waals surface area contributed by atoms with E-state index in [1.54, 1.807) is 0 Å². The van der Waals surface area contributed by atoms with Crippen molar-refractivity contribution < 1.29 is 9.18 Å². The van der Waals surface area contributed by atoms with Crippen LogP contribution in [0.5, 0.6) is 0 Å². The third kappa shape index (κ3) is 5.12. The largest absolute Gasteiger partial charge is 0.352 e. The van der Waals surface area contributed by atoms with Gasteiger partial charge in [-0.15, -0.1) is 0 Å². The van der Waals surface area contributed by atoms with Crippen molar-refractivity contribution in [1.29, 1.82) is 0 Å². The fourth-order valence-corrected chi connectivity index (χ4v) is 3.18. The number of hydrogen-bond acceptors (Lipinski definition) is 2. The van der Waals surface area contributed by atoms with Gasteiger partial charge in [-0.25, -0.2) is 4.39 Å². The van der Waals surface area contributed by atoms with Gasteiger partial charge in [0.05, 0.1) is 0 Å². The van der Waals surface area contributed by atoms with E-state index in [0.717, 1.165) is 37.9 Å². The molecule has 1 aromatic rings. The second kappa shape index (κ2) is 7.55. The standard InChI is InChI=1S/C17H25FN2O/c1-13-10-14(2)12-20(11-13)9-3-8-19-17(21)15-4-6-16(18)7-5-15/h4-7,13-14H,3,8-12H2,1-2H3,(H,19,21). The van der Waals surface area contributed by atoms with Gasteiger partial charge in [-0.3, -0.25) is 4.79 Å². The molecule has 1 aliphatic heterocycles. The first-order valence-corrected chi connectivity index (χ1v) is 7.80. The Morgan fingerprint density at radius 3 is 2.48 bits per heavy atom. The van der Waals surface area contributed by atoms with Crippen molar-refractivity contribution in [2.24, 2.45) is 11.8 Å². The van der Waals surface area contributed by atoms with E-state index in [1.807, 2.05) is 0 Å². The summed E-state index contributed by atoms with van der Waals surface area (Å²) in [5.41, 5.74) is 0.511. The van der Waals surface area contributed by atoms with Crippen LogP contribution in [0.3, 0.4) is 0 Å². The van der Waals surface area contributed by atoms with E-state index in [2.05, 4.69) is 24.1 Å². The molecule has 1 saturated heterocycles. The number of rotatable bonds is 5. The quantitative estimate of drug-likeness (QED) is 0.846. The van der Waals surface area contributed by atoms with Gasteiger partial charge in [0.25, 0.3) is 5.91 Å². The van der Waals surface area contributed by atoms with E-state index in [0.29, 0.717) is 12.1 Å². The molecule has 2 rings (SSSR count). The second-order valence-electron chi connectivity index (χ2n) is 6.32. The lowest BCUT2D eigenvalue weighted by atomic mass is 9.92. The van der Waals surface area contributed by atoms with Gasteiger partial charge in [-0.05, 0) is 55.5 Å².